The minimum absolute atomic E-state index is 1.07. The summed E-state index contributed by atoms with van der Waals surface area (Å²) in [5, 5.41) is 1.47. The van der Waals surface area contributed by atoms with Crippen molar-refractivity contribution in [2.24, 2.45) is 0 Å². The summed E-state index contributed by atoms with van der Waals surface area (Å²) in [7, 11) is -1.46. The molecule has 0 saturated carbocycles. The highest BCUT2D eigenvalue weighted by molar-refractivity contribution is 6.89. The highest BCUT2D eigenvalue weighted by Gasteiger charge is 2.13. The molecule has 0 radical (unpaired) electrons. The summed E-state index contributed by atoms with van der Waals surface area (Å²) in [6.45, 7) is 7.18. The number of nitrogens with zero attached hydrogens (tertiary/aromatic N) is 1. The summed E-state index contributed by atoms with van der Waals surface area (Å²) in [4.78, 5) is 4.72. The predicted octanol–water partition coefficient (Wildman–Crippen LogP) is 4.96. The third kappa shape index (κ3) is 3.02. The van der Waals surface area contributed by atoms with Crippen LogP contribution in [0.5, 0.6) is 0 Å². The maximum atomic E-state index is 4.72. The summed E-state index contributed by atoms with van der Waals surface area (Å²) in [6, 6.07) is 23.3. The third-order valence-electron chi connectivity index (χ3n) is 3.87. The molecule has 0 fully saturated rings. The Morgan fingerprint density at radius 3 is 1.82 bits per heavy atom. The quantitative estimate of drug-likeness (QED) is 0.623. The molecule has 2 aromatic carbocycles. The van der Waals surface area contributed by atoms with Gasteiger partial charge in [-0.2, -0.15) is 24.8 Å². The van der Waals surface area contributed by atoms with E-state index < -0.39 is 8.07 Å². The van der Waals surface area contributed by atoms with Gasteiger partial charge in [0.25, 0.3) is 0 Å². The van der Waals surface area contributed by atoms with Crippen molar-refractivity contribution in [1.29, 1.82) is 0 Å². The van der Waals surface area contributed by atoms with Crippen LogP contribution in [0.1, 0.15) is 0 Å². The molecule has 3 rings (SSSR count). The molecule has 0 bridgehead atoms. The first-order valence-electron chi connectivity index (χ1n) is 7.67. The summed E-state index contributed by atoms with van der Waals surface area (Å²) in [6.07, 6.45) is 2.05. The van der Waals surface area contributed by atoms with Gasteiger partial charge in [-0.25, -0.2) is 0 Å². The molecular formula is C20H21NSi-. The molecule has 2 heteroatoms. The zero-order chi connectivity index (χ0) is 15.6. The van der Waals surface area contributed by atoms with E-state index >= 15 is 0 Å². The van der Waals surface area contributed by atoms with E-state index in [1.165, 1.54) is 21.9 Å². The molecule has 22 heavy (non-hydrogen) atoms. The number of hydrogen-bond donors (Lipinski definition) is 0. The highest BCUT2D eigenvalue weighted by atomic mass is 28.3. The lowest BCUT2D eigenvalue weighted by atomic mass is 10.1. The first-order valence-corrected chi connectivity index (χ1v) is 11.2. The van der Waals surface area contributed by atoms with Crippen LogP contribution in [-0.2, 0) is 0 Å². The molecule has 0 saturated heterocycles. The van der Waals surface area contributed by atoms with Gasteiger partial charge in [-0.05, 0) is 16.7 Å². The molecule has 0 atom stereocenters. The smallest absolute Gasteiger partial charge is 0.0674 e. The Bertz CT molecular complexity index is 759. The normalized spacial score (nSPS) is 11.4. The van der Waals surface area contributed by atoms with Crippen LogP contribution < -0.4 is 5.19 Å². The first-order chi connectivity index (χ1) is 10.6. The number of pyridine rings is 1. The van der Waals surface area contributed by atoms with Gasteiger partial charge in [-0.1, -0.05) is 66.7 Å². The molecule has 1 aromatic heterocycles. The average molecular weight is 303 g/mol. The second kappa shape index (κ2) is 5.89. The Balaban J connectivity index is 2.17. The fourth-order valence-electron chi connectivity index (χ4n) is 2.69. The Morgan fingerprint density at radius 1 is 0.727 bits per heavy atom. The van der Waals surface area contributed by atoms with E-state index in [9.17, 15) is 0 Å². The van der Waals surface area contributed by atoms with Crippen molar-refractivity contribution in [1.82, 2.24) is 4.98 Å². The number of hydrogen-bond acceptors (Lipinski definition) is 1. The summed E-state index contributed by atoms with van der Waals surface area (Å²) in [5.74, 6) is 0. The van der Waals surface area contributed by atoms with E-state index in [1.807, 2.05) is 12.3 Å². The zero-order valence-electron chi connectivity index (χ0n) is 13.4. The first kappa shape index (κ1) is 14.7. The molecule has 0 aliphatic rings. The van der Waals surface area contributed by atoms with Gasteiger partial charge in [0, 0.05) is 6.20 Å². The van der Waals surface area contributed by atoms with Crippen LogP contribution in [0, 0.1) is 0 Å². The van der Waals surface area contributed by atoms with Crippen molar-refractivity contribution in [3.63, 3.8) is 0 Å². The summed E-state index contributed by atoms with van der Waals surface area (Å²) >= 11 is 0. The van der Waals surface area contributed by atoms with Gasteiger partial charge < -0.3 is 0 Å². The van der Waals surface area contributed by atoms with E-state index in [4.69, 9.17) is 4.98 Å². The summed E-state index contributed by atoms with van der Waals surface area (Å²) in [5.41, 5.74) is 4.78. The van der Waals surface area contributed by atoms with Crippen LogP contribution in [-0.4, -0.2) is 13.1 Å². The Labute approximate surface area is 133 Å². The fourth-order valence-corrected chi connectivity index (χ4v) is 4.28. The van der Waals surface area contributed by atoms with Crippen molar-refractivity contribution in [2.75, 3.05) is 0 Å². The van der Waals surface area contributed by atoms with Crippen LogP contribution >= 0.6 is 0 Å². The van der Waals surface area contributed by atoms with E-state index in [-0.39, 0.29) is 0 Å². The molecule has 0 unspecified atom stereocenters. The van der Waals surface area contributed by atoms with Crippen LogP contribution in [0.4, 0.5) is 0 Å². The lowest BCUT2D eigenvalue weighted by Crippen LogP contribution is -2.39. The Morgan fingerprint density at radius 2 is 1.27 bits per heavy atom. The van der Waals surface area contributed by atoms with Gasteiger partial charge in [0.1, 0.15) is 0 Å². The van der Waals surface area contributed by atoms with E-state index in [0.29, 0.717) is 0 Å². The number of aromatic nitrogens is 1. The molecular weight excluding hydrogens is 282 g/mol. The molecule has 0 N–H and O–H groups in total. The van der Waals surface area contributed by atoms with Crippen LogP contribution in [0.25, 0.3) is 22.4 Å². The molecule has 0 amide bonds. The van der Waals surface area contributed by atoms with Crippen LogP contribution in [0.3, 0.4) is 0 Å². The second-order valence-electron chi connectivity index (χ2n) is 6.60. The minimum atomic E-state index is -1.46. The molecule has 111 valence electrons. The van der Waals surface area contributed by atoms with Crippen LogP contribution in [0.15, 0.2) is 72.9 Å². The van der Waals surface area contributed by atoms with Crippen LogP contribution in [0.2, 0.25) is 19.6 Å². The fraction of sp³-hybridized carbons (Fsp3) is 0.150. The Hall–Kier alpha value is -2.19. The van der Waals surface area contributed by atoms with Gasteiger partial charge >= 0.3 is 0 Å². The second-order valence-corrected chi connectivity index (χ2v) is 11.6. The van der Waals surface area contributed by atoms with Crippen molar-refractivity contribution in [3.05, 3.63) is 72.9 Å². The van der Waals surface area contributed by atoms with Crippen molar-refractivity contribution >= 4 is 13.3 Å². The van der Waals surface area contributed by atoms with E-state index in [0.717, 1.165) is 5.69 Å². The molecule has 0 spiro atoms. The molecule has 3 aromatic rings. The molecule has 0 aliphatic carbocycles. The zero-order valence-corrected chi connectivity index (χ0v) is 14.4. The Kier molecular flexibility index (Phi) is 3.95. The minimum Gasteiger partial charge on any atom is -0.256 e. The van der Waals surface area contributed by atoms with Crippen molar-refractivity contribution in [3.8, 4) is 22.4 Å². The summed E-state index contributed by atoms with van der Waals surface area (Å²) < 4.78 is 0. The topological polar surface area (TPSA) is 12.9 Å². The van der Waals surface area contributed by atoms with Gasteiger partial charge in [-0.3, -0.25) is 4.98 Å². The lowest BCUT2D eigenvalue weighted by molar-refractivity contribution is 1.33. The largest absolute Gasteiger partial charge is 0.256 e. The number of rotatable bonds is 3. The van der Waals surface area contributed by atoms with Gasteiger partial charge in [0.2, 0.25) is 0 Å². The SMILES string of the molecule is C[Si-](C)(C)c1cc(-c2ccccc2)ncc1-c1ccccc1. The van der Waals surface area contributed by atoms with Crippen molar-refractivity contribution < 1.29 is 0 Å². The molecule has 1 nitrogen and oxygen atoms in total. The maximum absolute atomic E-state index is 4.72. The van der Waals surface area contributed by atoms with E-state index in [1.54, 1.807) is 0 Å². The maximum Gasteiger partial charge on any atom is 0.0674 e. The standard InChI is InChI=1S/C20H21NSi/c1-22(2,3)20-14-19(17-12-8-5-9-13-17)21-15-18(20)16-10-6-4-7-11-16/h4-15H,1-3H3/q-1. The predicted molar refractivity (Wildman–Crippen MR) is 98.1 cm³/mol. The lowest BCUT2D eigenvalue weighted by Gasteiger charge is -2.32. The van der Waals surface area contributed by atoms with E-state index in [2.05, 4.69) is 80.3 Å². The average Bonchev–Trinajstić information content (AvgIpc) is 2.55. The third-order valence-corrected chi connectivity index (χ3v) is 5.90. The monoisotopic (exact) mass is 303 g/mol. The van der Waals surface area contributed by atoms with Gasteiger partial charge in [0.15, 0.2) is 0 Å². The van der Waals surface area contributed by atoms with Gasteiger partial charge in [0.05, 0.1) is 5.69 Å². The van der Waals surface area contributed by atoms with Gasteiger partial charge in [-0.15, -0.1) is 8.07 Å². The van der Waals surface area contributed by atoms with Crippen molar-refractivity contribution in [2.45, 2.75) is 19.6 Å². The molecule has 0 aliphatic heterocycles. The molecule has 1 heterocycles. The number of benzene rings is 2. The highest BCUT2D eigenvalue weighted by Crippen LogP contribution is 2.23.